The maximum atomic E-state index is 14.4. The lowest BCUT2D eigenvalue weighted by Gasteiger charge is -2.37. The van der Waals surface area contributed by atoms with Crippen molar-refractivity contribution < 1.29 is 31.9 Å². The van der Waals surface area contributed by atoms with Crippen molar-refractivity contribution >= 4 is 21.8 Å². The van der Waals surface area contributed by atoms with Gasteiger partial charge in [-0.05, 0) is 51.8 Å². The Bertz CT molecular complexity index is 967. The number of carbonyl (C=O) groups is 2. The van der Waals surface area contributed by atoms with Gasteiger partial charge >= 0.3 is 6.09 Å². The van der Waals surface area contributed by atoms with Crippen molar-refractivity contribution in [2.24, 2.45) is 0 Å². The van der Waals surface area contributed by atoms with E-state index in [1.54, 1.807) is 9.80 Å². The number of piperidine rings is 1. The van der Waals surface area contributed by atoms with Crippen LogP contribution in [-0.2, 0) is 19.4 Å². The van der Waals surface area contributed by atoms with Crippen LogP contribution >= 0.6 is 0 Å². The molecule has 2 fully saturated rings. The fraction of sp³-hybridized carbons (Fsp3) is 0.636. The predicted molar refractivity (Wildman–Crippen MR) is 116 cm³/mol. The number of nitrogens with zero attached hydrogens (tertiary/aromatic N) is 2. The molecule has 178 valence electrons. The lowest BCUT2D eigenvalue weighted by atomic mass is 10.0. The van der Waals surface area contributed by atoms with Crippen molar-refractivity contribution in [3.8, 4) is 5.75 Å². The Labute approximate surface area is 188 Å². The number of benzene rings is 1. The van der Waals surface area contributed by atoms with Crippen molar-refractivity contribution in [2.75, 3.05) is 25.4 Å². The first-order valence-corrected chi connectivity index (χ1v) is 12.5. The minimum absolute atomic E-state index is 0.0169. The maximum Gasteiger partial charge on any atom is 0.410 e. The van der Waals surface area contributed by atoms with E-state index in [2.05, 4.69) is 0 Å². The van der Waals surface area contributed by atoms with Gasteiger partial charge in [0.2, 0.25) is 0 Å². The molecule has 0 radical (unpaired) electrons. The van der Waals surface area contributed by atoms with Gasteiger partial charge in [0, 0.05) is 32.1 Å². The second-order valence-corrected chi connectivity index (χ2v) is 11.4. The summed E-state index contributed by atoms with van der Waals surface area (Å²) in [5.41, 5.74) is -0.558. The SMILES string of the molecule is CCS(=O)(=O)c1ccc(OC2CCN(C3CCN(C(=O)OC(C)(C)C)CC3)C2=O)c(F)c1. The first-order valence-electron chi connectivity index (χ1n) is 10.9. The van der Waals surface area contributed by atoms with Gasteiger partial charge in [-0.3, -0.25) is 4.79 Å². The lowest BCUT2D eigenvalue weighted by molar-refractivity contribution is -0.136. The summed E-state index contributed by atoms with van der Waals surface area (Å²) in [4.78, 5) is 28.4. The zero-order valence-corrected chi connectivity index (χ0v) is 19.8. The van der Waals surface area contributed by atoms with Crippen LogP contribution in [0.2, 0.25) is 0 Å². The predicted octanol–water partition coefficient (Wildman–Crippen LogP) is 3.00. The first-order chi connectivity index (χ1) is 14.9. The zero-order chi connectivity index (χ0) is 23.7. The number of likely N-dealkylation sites (tertiary alicyclic amines) is 2. The maximum absolute atomic E-state index is 14.4. The Balaban J connectivity index is 1.57. The third-order valence-corrected chi connectivity index (χ3v) is 7.39. The fourth-order valence-corrected chi connectivity index (χ4v) is 4.82. The molecule has 1 aromatic rings. The number of carbonyl (C=O) groups excluding carboxylic acids is 2. The Kier molecular flexibility index (Phi) is 7.02. The molecule has 8 nitrogen and oxygen atoms in total. The van der Waals surface area contributed by atoms with Crippen LogP contribution in [0.15, 0.2) is 23.1 Å². The van der Waals surface area contributed by atoms with E-state index < -0.39 is 27.4 Å². The van der Waals surface area contributed by atoms with Crippen LogP contribution in [0, 0.1) is 5.82 Å². The van der Waals surface area contributed by atoms with E-state index in [1.165, 1.54) is 19.1 Å². The van der Waals surface area contributed by atoms with Gasteiger partial charge in [-0.1, -0.05) is 6.92 Å². The summed E-state index contributed by atoms with van der Waals surface area (Å²) in [7, 11) is -3.53. The van der Waals surface area contributed by atoms with Gasteiger partial charge in [-0.25, -0.2) is 17.6 Å². The van der Waals surface area contributed by atoms with Crippen LogP contribution in [-0.4, -0.2) is 73.4 Å². The molecule has 0 aromatic heterocycles. The van der Waals surface area contributed by atoms with Crippen molar-refractivity contribution in [3.05, 3.63) is 24.0 Å². The van der Waals surface area contributed by atoms with Crippen LogP contribution < -0.4 is 4.74 Å². The Morgan fingerprint density at radius 1 is 1.16 bits per heavy atom. The molecule has 10 heteroatoms. The molecule has 0 N–H and O–H groups in total. The number of hydrogen-bond acceptors (Lipinski definition) is 6. The van der Waals surface area contributed by atoms with Crippen molar-refractivity contribution in [1.29, 1.82) is 0 Å². The highest BCUT2D eigenvalue weighted by atomic mass is 32.2. The summed E-state index contributed by atoms with van der Waals surface area (Å²) >= 11 is 0. The Hall–Kier alpha value is -2.36. The Morgan fingerprint density at radius 2 is 1.81 bits per heavy atom. The fourth-order valence-electron chi connectivity index (χ4n) is 3.92. The van der Waals surface area contributed by atoms with Gasteiger partial charge in [0.05, 0.1) is 10.6 Å². The van der Waals surface area contributed by atoms with Crippen molar-refractivity contribution in [2.45, 2.75) is 69.6 Å². The molecule has 2 saturated heterocycles. The molecule has 1 unspecified atom stereocenters. The number of hydrogen-bond donors (Lipinski definition) is 0. The van der Waals surface area contributed by atoms with Gasteiger partial charge in [0.1, 0.15) is 5.60 Å². The van der Waals surface area contributed by atoms with Crippen LogP contribution in [0.25, 0.3) is 0 Å². The lowest BCUT2D eigenvalue weighted by Crippen LogP contribution is -2.49. The molecule has 3 rings (SSSR count). The summed E-state index contributed by atoms with van der Waals surface area (Å²) in [6.45, 7) is 8.43. The number of ether oxygens (including phenoxy) is 2. The van der Waals surface area contributed by atoms with Crippen molar-refractivity contribution in [1.82, 2.24) is 9.80 Å². The molecule has 2 amide bonds. The topological polar surface area (TPSA) is 93.2 Å². The van der Waals surface area contributed by atoms with E-state index in [0.29, 0.717) is 38.9 Å². The highest BCUT2D eigenvalue weighted by molar-refractivity contribution is 7.91. The molecular weight excluding hydrogens is 439 g/mol. The minimum Gasteiger partial charge on any atom is -0.477 e. The quantitative estimate of drug-likeness (QED) is 0.657. The smallest absolute Gasteiger partial charge is 0.410 e. The van der Waals surface area contributed by atoms with Crippen LogP contribution in [0.5, 0.6) is 5.75 Å². The molecule has 2 aliphatic heterocycles. The monoisotopic (exact) mass is 470 g/mol. The number of rotatable bonds is 5. The molecule has 0 saturated carbocycles. The number of amides is 2. The zero-order valence-electron chi connectivity index (χ0n) is 19.0. The molecule has 1 aromatic carbocycles. The summed E-state index contributed by atoms with van der Waals surface area (Å²) in [5.74, 6) is -1.29. The van der Waals surface area contributed by atoms with Gasteiger partial charge in [0.15, 0.2) is 27.5 Å². The second kappa shape index (κ2) is 9.25. The average Bonchev–Trinajstić information content (AvgIpc) is 3.08. The van der Waals surface area contributed by atoms with Gasteiger partial charge in [0.25, 0.3) is 5.91 Å². The molecule has 1 atom stereocenters. The number of sulfone groups is 1. The van der Waals surface area contributed by atoms with Gasteiger partial charge in [-0.2, -0.15) is 0 Å². The average molecular weight is 471 g/mol. The standard InChI is InChI=1S/C22H31FN2O6S/c1-5-32(28,29)16-6-7-18(17(23)14-16)30-19-10-13-25(20(19)26)15-8-11-24(12-9-15)21(27)31-22(2,3)4/h6-7,14-15,19H,5,8-13H2,1-4H3. The highest BCUT2D eigenvalue weighted by Gasteiger charge is 2.39. The summed E-state index contributed by atoms with van der Waals surface area (Å²) in [5, 5.41) is 0. The third-order valence-electron chi connectivity index (χ3n) is 5.66. The summed E-state index contributed by atoms with van der Waals surface area (Å²) < 4.78 is 49.3. The molecule has 2 heterocycles. The molecule has 0 bridgehead atoms. The van der Waals surface area contributed by atoms with Crippen molar-refractivity contribution in [3.63, 3.8) is 0 Å². The van der Waals surface area contributed by atoms with E-state index in [-0.39, 0.29) is 34.4 Å². The molecular formula is C22H31FN2O6S. The van der Waals surface area contributed by atoms with E-state index in [4.69, 9.17) is 9.47 Å². The third kappa shape index (κ3) is 5.51. The minimum atomic E-state index is -3.53. The molecule has 2 aliphatic rings. The normalized spacial score (nSPS) is 20.5. The van der Waals surface area contributed by atoms with Gasteiger partial charge in [-0.15, -0.1) is 0 Å². The largest absolute Gasteiger partial charge is 0.477 e. The highest BCUT2D eigenvalue weighted by Crippen LogP contribution is 2.28. The molecule has 32 heavy (non-hydrogen) atoms. The number of halogens is 1. The van der Waals surface area contributed by atoms with E-state index in [9.17, 15) is 22.4 Å². The molecule has 0 spiro atoms. The van der Waals surface area contributed by atoms with Crippen LogP contribution in [0.3, 0.4) is 0 Å². The second-order valence-electron chi connectivity index (χ2n) is 9.12. The van der Waals surface area contributed by atoms with E-state index in [0.717, 1.165) is 6.07 Å². The summed E-state index contributed by atoms with van der Waals surface area (Å²) in [6, 6.07) is 3.46. The van der Waals surface area contributed by atoms with E-state index in [1.807, 2.05) is 20.8 Å². The first kappa shape index (κ1) is 24.3. The van der Waals surface area contributed by atoms with Crippen LogP contribution in [0.1, 0.15) is 47.0 Å². The molecule has 0 aliphatic carbocycles. The van der Waals surface area contributed by atoms with Gasteiger partial charge < -0.3 is 19.3 Å². The summed E-state index contributed by atoms with van der Waals surface area (Å²) in [6.07, 6.45) is 0.515. The van der Waals surface area contributed by atoms with E-state index >= 15 is 0 Å². The Morgan fingerprint density at radius 3 is 2.38 bits per heavy atom. The van der Waals surface area contributed by atoms with Crippen LogP contribution in [0.4, 0.5) is 9.18 Å².